The van der Waals surface area contributed by atoms with Gasteiger partial charge in [0.2, 0.25) is 0 Å². The van der Waals surface area contributed by atoms with Crippen LogP contribution in [0.3, 0.4) is 0 Å². The van der Waals surface area contributed by atoms with Gasteiger partial charge in [-0.05, 0) is 10.4 Å². The van der Waals surface area contributed by atoms with Gasteiger partial charge in [-0.15, -0.1) is 0 Å². The molecule has 17 heavy (non-hydrogen) atoms. The third-order valence-electron chi connectivity index (χ3n) is 1.53. The van der Waals surface area contributed by atoms with Crippen molar-refractivity contribution < 1.29 is 35.6 Å². The quantitative estimate of drug-likeness (QED) is 0.430. The number of hydrogen-bond donors (Lipinski definition) is 0. The summed E-state index contributed by atoms with van der Waals surface area (Å²) in [6.45, 7) is 0.0325. The summed E-state index contributed by atoms with van der Waals surface area (Å²) in [7, 11) is -5.94. The molecule has 0 fully saturated rings. The van der Waals surface area contributed by atoms with Gasteiger partial charge in [-0.1, -0.05) is 12.2 Å². The Morgan fingerprint density at radius 1 is 1.29 bits per heavy atom. The fourth-order valence-electron chi connectivity index (χ4n) is 0.763. The lowest BCUT2D eigenvalue weighted by Crippen LogP contribution is -2.32. The van der Waals surface area contributed by atoms with Crippen molar-refractivity contribution in [2.45, 2.75) is 5.51 Å². The summed E-state index contributed by atoms with van der Waals surface area (Å²) >= 11 is 0. The van der Waals surface area contributed by atoms with Crippen molar-refractivity contribution in [3.05, 3.63) is 24.4 Å². The first-order valence-corrected chi connectivity index (χ1v) is 5.46. The van der Waals surface area contributed by atoms with E-state index in [0.29, 0.717) is 0 Å². The van der Waals surface area contributed by atoms with Crippen molar-refractivity contribution in [2.75, 3.05) is 6.54 Å². The molecule has 1 amide bonds. The molecule has 1 aliphatic rings. The second-order valence-electron chi connectivity index (χ2n) is 2.74. The predicted molar refractivity (Wildman–Crippen MR) is 47.5 cm³/mol. The molecule has 0 N–H and O–H groups in total. The number of alkyl halides is 3. The highest BCUT2D eigenvalue weighted by Crippen LogP contribution is 2.24. The van der Waals surface area contributed by atoms with E-state index in [1.807, 2.05) is 0 Å². The van der Waals surface area contributed by atoms with Crippen LogP contribution in [0.5, 0.6) is 0 Å². The zero-order valence-corrected chi connectivity index (χ0v) is 8.86. The maximum absolute atomic E-state index is 11.8. The lowest BCUT2D eigenvalue weighted by atomic mass is 10.4. The molecule has 0 aliphatic carbocycles. The first-order valence-electron chi connectivity index (χ1n) is 4.05. The van der Waals surface area contributed by atoms with Gasteiger partial charge in [0.15, 0.2) is 0 Å². The Balaban J connectivity index is 2.55. The zero-order valence-electron chi connectivity index (χ0n) is 8.05. The van der Waals surface area contributed by atoms with Crippen LogP contribution < -0.4 is 0 Å². The van der Waals surface area contributed by atoms with Gasteiger partial charge in [0.1, 0.15) is 0 Å². The molecule has 0 aromatic carbocycles. The number of rotatable bonds is 2. The zero-order chi connectivity index (χ0) is 13.1. The van der Waals surface area contributed by atoms with E-state index in [-0.39, 0.29) is 6.54 Å². The van der Waals surface area contributed by atoms with Crippen LogP contribution in [0.15, 0.2) is 24.4 Å². The monoisotopic (exact) mass is 273 g/mol. The summed E-state index contributed by atoms with van der Waals surface area (Å²) in [6.07, 6.45) is 4.30. The average molecular weight is 273 g/mol. The molecule has 10 heteroatoms. The Hall–Kier alpha value is -1.55. The van der Waals surface area contributed by atoms with Gasteiger partial charge < -0.3 is 0 Å². The van der Waals surface area contributed by atoms with Crippen LogP contribution in [0.4, 0.5) is 18.0 Å². The maximum Gasteiger partial charge on any atom is 0.526 e. The molecule has 0 aromatic rings. The van der Waals surface area contributed by atoms with Crippen LogP contribution in [-0.2, 0) is 19.3 Å². The topological polar surface area (TPSA) is 72.9 Å². The number of carbonyl (C=O) groups excluding carboxylic acids is 1. The van der Waals surface area contributed by atoms with Crippen LogP contribution in [-0.4, -0.2) is 31.5 Å². The maximum atomic E-state index is 11.8. The van der Waals surface area contributed by atoms with E-state index in [1.54, 1.807) is 6.08 Å². The van der Waals surface area contributed by atoms with Gasteiger partial charge in [-0.3, -0.25) is 9.79 Å². The first-order chi connectivity index (χ1) is 7.74. The number of allylic oxidation sites excluding steroid dienone is 2. The molecule has 6 nitrogen and oxygen atoms in total. The van der Waals surface area contributed by atoms with Crippen molar-refractivity contribution in [2.24, 2.45) is 0 Å². The van der Waals surface area contributed by atoms with E-state index in [0.717, 1.165) is 4.90 Å². The van der Waals surface area contributed by atoms with E-state index in [1.165, 1.54) is 18.4 Å². The minimum absolute atomic E-state index is 0.0325. The molecule has 1 heterocycles. The van der Waals surface area contributed by atoms with Gasteiger partial charge in [0.05, 0.1) is 0 Å². The molecule has 0 radical (unpaired) electrons. The number of hydrogen-bond acceptors (Lipinski definition) is 5. The molecular weight excluding hydrogens is 267 g/mol. The molecule has 1 aliphatic heterocycles. The first kappa shape index (κ1) is 13.5. The van der Waals surface area contributed by atoms with Crippen molar-refractivity contribution >= 4 is 16.2 Å². The van der Waals surface area contributed by atoms with Crippen molar-refractivity contribution in [3.8, 4) is 0 Å². The van der Waals surface area contributed by atoms with Crippen LogP contribution in [0.25, 0.3) is 0 Å². The molecule has 0 aromatic heterocycles. The van der Waals surface area contributed by atoms with Crippen LogP contribution >= 0.6 is 0 Å². The van der Waals surface area contributed by atoms with E-state index >= 15 is 0 Å². The Morgan fingerprint density at radius 2 is 1.94 bits per heavy atom. The van der Waals surface area contributed by atoms with Gasteiger partial charge in [0, 0.05) is 12.7 Å². The standard InChI is InChI=1S/C7H6F3NO5S/c8-7(9,10)17(13,14)16-15-6(12)11-4-2-1-3-5-11/h1-4H,5H2. The second-order valence-corrected chi connectivity index (χ2v) is 4.25. The normalized spacial score (nSPS) is 16.1. The summed E-state index contributed by atoms with van der Waals surface area (Å²) in [6, 6.07) is 0. The lowest BCUT2D eigenvalue weighted by molar-refractivity contribution is -0.165. The average Bonchev–Trinajstić information content (AvgIpc) is 2.25. The highest BCUT2D eigenvalue weighted by molar-refractivity contribution is 7.87. The van der Waals surface area contributed by atoms with Crippen molar-refractivity contribution in [3.63, 3.8) is 0 Å². The Kier molecular flexibility index (Phi) is 3.78. The number of nitrogens with zero attached hydrogens (tertiary/aromatic N) is 1. The molecule has 1 rings (SSSR count). The Bertz CT molecular complexity index is 453. The minimum atomic E-state index is -5.94. The van der Waals surface area contributed by atoms with E-state index in [4.69, 9.17) is 0 Å². The van der Waals surface area contributed by atoms with Gasteiger partial charge >= 0.3 is 21.7 Å². The van der Waals surface area contributed by atoms with E-state index in [2.05, 4.69) is 9.22 Å². The van der Waals surface area contributed by atoms with Gasteiger partial charge in [-0.2, -0.15) is 21.6 Å². The Labute approximate surface area is 94.0 Å². The molecule has 0 unspecified atom stereocenters. The van der Waals surface area contributed by atoms with E-state index in [9.17, 15) is 26.4 Å². The summed E-state index contributed by atoms with van der Waals surface area (Å²) < 4.78 is 59.2. The third-order valence-corrected chi connectivity index (χ3v) is 2.34. The molecule has 0 spiro atoms. The summed E-state index contributed by atoms with van der Waals surface area (Å²) in [4.78, 5) is 15.4. The van der Waals surface area contributed by atoms with Gasteiger partial charge in [0.25, 0.3) is 0 Å². The molecule has 0 saturated heterocycles. The summed E-state index contributed by atoms with van der Waals surface area (Å²) in [5.74, 6) is 0. The second kappa shape index (κ2) is 4.75. The van der Waals surface area contributed by atoms with Crippen LogP contribution in [0, 0.1) is 0 Å². The fraction of sp³-hybridized carbons (Fsp3) is 0.286. The lowest BCUT2D eigenvalue weighted by Gasteiger charge is -2.16. The van der Waals surface area contributed by atoms with Crippen molar-refractivity contribution in [1.29, 1.82) is 0 Å². The van der Waals surface area contributed by atoms with Crippen LogP contribution in [0.1, 0.15) is 0 Å². The summed E-state index contributed by atoms with van der Waals surface area (Å²) in [5, 5.41) is 0. The van der Waals surface area contributed by atoms with E-state index < -0.39 is 21.7 Å². The SMILES string of the molecule is O=C(OOS(=O)(=O)C(F)(F)F)N1C=CC=CC1. The highest BCUT2D eigenvalue weighted by atomic mass is 32.2. The summed E-state index contributed by atoms with van der Waals surface area (Å²) in [5.41, 5.74) is -5.65. The number of amides is 1. The molecule has 0 atom stereocenters. The third kappa shape index (κ3) is 3.46. The highest BCUT2D eigenvalue weighted by Gasteiger charge is 2.49. The molecular formula is C7H6F3NO5S. The van der Waals surface area contributed by atoms with Gasteiger partial charge in [-0.25, -0.2) is 4.79 Å². The molecule has 0 bridgehead atoms. The molecule has 96 valence electrons. The van der Waals surface area contributed by atoms with Crippen molar-refractivity contribution in [1.82, 2.24) is 4.90 Å². The number of halogens is 3. The minimum Gasteiger partial charge on any atom is -0.278 e. The molecule has 0 saturated carbocycles. The fourth-order valence-corrected chi connectivity index (χ4v) is 0.988. The smallest absolute Gasteiger partial charge is 0.278 e. The largest absolute Gasteiger partial charge is 0.526 e. The predicted octanol–water partition coefficient (Wildman–Crippen LogP) is 1.29. The number of carbonyl (C=O) groups is 1. The van der Waals surface area contributed by atoms with Crippen LogP contribution in [0.2, 0.25) is 0 Å². The Morgan fingerprint density at radius 3 is 2.41 bits per heavy atom.